The molecule has 0 heterocycles. The van der Waals surface area contributed by atoms with E-state index in [-0.39, 0.29) is 6.61 Å². The third kappa shape index (κ3) is 2.39. The number of hydrogen-bond acceptors (Lipinski definition) is 2. The van der Waals surface area contributed by atoms with Crippen molar-refractivity contribution < 1.29 is 14.6 Å². The van der Waals surface area contributed by atoms with Gasteiger partial charge >= 0.3 is 0 Å². The van der Waals surface area contributed by atoms with Crippen molar-refractivity contribution in [3.05, 3.63) is 23.8 Å². The van der Waals surface area contributed by atoms with Gasteiger partial charge in [0.05, 0.1) is 13.2 Å². The monoisotopic (exact) mass is 195 g/mol. The summed E-state index contributed by atoms with van der Waals surface area (Å²) < 4.78 is 10.8. The van der Waals surface area contributed by atoms with E-state index in [9.17, 15) is 5.11 Å². The maximum atomic E-state index is 10.8. The second-order valence-electron chi connectivity index (χ2n) is 2.75. The lowest BCUT2D eigenvalue weighted by Crippen LogP contribution is -2.01. The lowest BCUT2D eigenvalue weighted by Gasteiger charge is -2.13. The molecule has 0 saturated carbocycles. The Morgan fingerprint density at radius 3 is 2.43 bits per heavy atom. The molecule has 1 radical (unpaired) electrons. The van der Waals surface area contributed by atoms with Crippen molar-refractivity contribution in [2.45, 2.75) is 20.5 Å². The van der Waals surface area contributed by atoms with Gasteiger partial charge in [-0.05, 0) is 19.9 Å². The molecule has 0 aromatic heterocycles. The number of ether oxygens (including phenoxy) is 2. The van der Waals surface area contributed by atoms with Crippen molar-refractivity contribution in [3.63, 3.8) is 0 Å². The summed E-state index contributed by atoms with van der Waals surface area (Å²) in [5, 5.41) is 10.8. The van der Waals surface area contributed by atoms with Crippen LogP contribution in [0.25, 0.3) is 0 Å². The van der Waals surface area contributed by atoms with Crippen molar-refractivity contribution >= 4 is 0 Å². The van der Waals surface area contributed by atoms with Crippen molar-refractivity contribution in [3.8, 4) is 11.5 Å². The minimum atomic E-state index is -0.282. The summed E-state index contributed by atoms with van der Waals surface area (Å²) in [6.45, 7) is 4.62. The molecule has 3 nitrogen and oxygen atoms in total. The average Bonchev–Trinajstić information content (AvgIpc) is 2.21. The molecule has 0 unspecified atom stereocenters. The number of para-hydroxylation sites is 1. The Bertz CT molecular complexity index is 284. The summed E-state index contributed by atoms with van der Waals surface area (Å²) in [6.07, 6.45) is 0. The van der Waals surface area contributed by atoms with Crippen LogP contribution in [0.2, 0.25) is 0 Å². The van der Waals surface area contributed by atoms with Crippen LogP contribution in [0.15, 0.2) is 18.2 Å². The van der Waals surface area contributed by atoms with Gasteiger partial charge in [-0.2, -0.15) is 0 Å². The Labute approximate surface area is 84.3 Å². The second kappa shape index (κ2) is 5.50. The van der Waals surface area contributed by atoms with Gasteiger partial charge in [-0.1, -0.05) is 12.1 Å². The van der Waals surface area contributed by atoms with E-state index in [0.717, 1.165) is 0 Å². The summed E-state index contributed by atoms with van der Waals surface area (Å²) in [4.78, 5) is 0. The maximum absolute atomic E-state index is 10.8. The van der Waals surface area contributed by atoms with Gasteiger partial charge in [0.25, 0.3) is 0 Å². The van der Waals surface area contributed by atoms with Crippen LogP contribution in [0.3, 0.4) is 0 Å². The SMILES string of the molecule is CCOc1cccc(C[O])c1OCC. The highest BCUT2D eigenvalue weighted by atomic mass is 16.5. The number of hydrogen-bond donors (Lipinski definition) is 0. The molecule has 3 heteroatoms. The van der Waals surface area contributed by atoms with Gasteiger partial charge in [-0.3, -0.25) is 0 Å². The minimum Gasteiger partial charge on any atom is -0.490 e. The third-order valence-corrected chi connectivity index (χ3v) is 1.80. The fraction of sp³-hybridized carbons (Fsp3) is 0.455. The lowest BCUT2D eigenvalue weighted by molar-refractivity contribution is 0.171. The standard InChI is InChI=1S/C11H15O3/c1-3-13-10-7-5-6-9(8-12)11(10)14-4-2/h5-7H,3-4,8H2,1-2H3. The summed E-state index contributed by atoms with van der Waals surface area (Å²) in [5.41, 5.74) is 0.651. The summed E-state index contributed by atoms with van der Waals surface area (Å²) in [5.74, 6) is 1.24. The normalized spacial score (nSPS) is 9.93. The van der Waals surface area contributed by atoms with E-state index in [2.05, 4.69) is 0 Å². The Morgan fingerprint density at radius 1 is 1.14 bits per heavy atom. The summed E-state index contributed by atoms with van der Waals surface area (Å²) in [7, 11) is 0. The predicted octanol–water partition coefficient (Wildman–Crippen LogP) is 2.41. The molecule has 0 atom stereocenters. The van der Waals surface area contributed by atoms with Crippen LogP contribution >= 0.6 is 0 Å². The van der Waals surface area contributed by atoms with Crippen LogP contribution in [-0.4, -0.2) is 13.2 Å². The first-order valence-electron chi connectivity index (χ1n) is 4.79. The van der Waals surface area contributed by atoms with Gasteiger partial charge in [-0.15, -0.1) is 0 Å². The van der Waals surface area contributed by atoms with Crippen LogP contribution in [-0.2, 0) is 11.7 Å². The van der Waals surface area contributed by atoms with E-state index in [0.29, 0.717) is 30.3 Å². The zero-order valence-corrected chi connectivity index (χ0v) is 8.58. The van der Waals surface area contributed by atoms with Crippen LogP contribution < -0.4 is 9.47 Å². The van der Waals surface area contributed by atoms with Crippen LogP contribution in [0.4, 0.5) is 0 Å². The Kier molecular flexibility index (Phi) is 4.26. The van der Waals surface area contributed by atoms with E-state index in [4.69, 9.17) is 9.47 Å². The quantitative estimate of drug-likeness (QED) is 0.723. The molecule has 0 amide bonds. The van der Waals surface area contributed by atoms with Gasteiger partial charge in [0, 0.05) is 5.56 Å². The molecule has 14 heavy (non-hydrogen) atoms. The molecule has 1 rings (SSSR count). The van der Waals surface area contributed by atoms with Crippen molar-refractivity contribution in [1.29, 1.82) is 0 Å². The van der Waals surface area contributed by atoms with Gasteiger partial charge in [0.2, 0.25) is 0 Å². The lowest BCUT2D eigenvalue weighted by atomic mass is 10.2. The Morgan fingerprint density at radius 2 is 1.86 bits per heavy atom. The van der Waals surface area contributed by atoms with Crippen LogP contribution in [0.1, 0.15) is 19.4 Å². The molecule has 1 aromatic carbocycles. The highest BCUT2D eigenvalue weighted by Gasteiger charge is 2.09. The number of benzene rings is 1. The maximum Gasteiger partial charge on any atom is 0.166 e. The first kappa shape index (κ1) is 10.9. The molecule has 0 aliphatic heterocycles. The van der Waals surface area contributed by atoms with Gasteiger partial charge < -0.3 is 9.47 Å². The van der Waals surface area contributed by atoms with E-state index in [1.54, 1.807) is 12.1 Å². The molecule has 0 N–H and O–H groups in total. The summed E-state index contributed by atoms with van der Waals surface area (Å²) >= 11 is 0. The van der Waals surface area contributed by atoms with E-state index in [1.807, 2.05) is 19.9 Å². The average molecular weight is 195 g/mol. The van der Waals surface area contributed by atoms with Gasteiger partial charge in [-0.25, -0.2) is 5.11 Å². The zero-order valence-electron chi connectivity index (χ0n) is 8.58. The second-order valence-corrected chi connectivity index (χ2v) is 2.75. The topological polar surface area (TPSA) is 38.4 Å². The van der Waals surface area contributed by atoms with Crippen molar-refractivity contribution in [2.75, 3.05) is 13.2 Å². The number of rotatable bonds is 5. The first-order chi connectivity index (χ1) is 6.83. The van der Waals surface area contributed by atoms with Crippen LogP contribution in [0.5, 0.6) is 11.5 Å². The minimum absolute atomic E-state index is 0.282. The molecule has 0 saturated heterocycles. The molecular formula is C11H15O3. The van der Waals surface area contributed by atoms with E-state index < -0.39 is 0 Å². The Balaban J connectivity index is 3.00. The molecule has 0 aliphatic carbocycles. The van der Waals surface area contributed by atoms with Crippen molar-refractivity contribution in [1.82, 2.24) is 0 Å². The highest BCUT2D eigenvalue weighted by molar-refractivity contribution is 5.46. The molecule has 77 valence electrons. The fourth-order valence-corrected chi connectivity index (χ4v) is 1.25. The molecule has 0 fully saturated rings. The smallest absolute Gasteiger partial charge is 0.166 e. The molecule has 0 aliphatic rings. The van der Waals surface area contributed by atoms with Crippen molar-refractivity contribution in [2.24, 2.45) is 0 Å². The third-order valence-electron chi connectivity index (χ3n) is 1.80. The van der Waals surface area contributed by atoms with Gasteiger partial charge in [0.15, 0.2) is 11.5 Å². The van der Waals surface area contributed by atoms with Crippen LogP contribution in [0, 0.1) is 0 Å². The fourth-order valence-electron chi connectivity index (χ4n) is 1.25. The zero-order chi connectivity index (χ0) is 10.4. The predicted molar refractivity (Wildman–Crippen MR) is 53.2 cm³/mol. The summed E-state index contributed by atoms with van der Waals surface area (Å²) in [6, 6.07) is 5.38. The Hall–Kier alpha value is -1.22. The van der Waals surface area contributed by atoms with Gasteiger partial charge in [0.1, 0.15) is 6.61 Å². The van der Waals surface area contributed by atoms with E-state index >= 15 is 0 Å². The molecular weight excluding hydrogens is 180 g/mol. The molecule has 1 aromatic rings. The largest absolute Gasteiger partial charge is 0.490 e. The molecule has 0 bridgehead atoms. The highest BCUT2D eigenvalue weighted by Crippen LogP contribution is 2.31. The molecule has 0 spiro atoms. The van der Waals surface area contributed by atoms with E-state index in [1.165, 1.54) is 0 Å². The first-order valence-corrected chi connectivity index (χ1v) is 4.79.